The van der Waals surface area contributed by atoms with Gasteiger partial charge in [0.2, 0.25) is 0 Å². The van der Waals surface area contributed by atoms with Gasteiger partial charge in [0.25, 0.3) is 0 Å². The van der Waals surface area contributed by atoms with Gasteiger partial charge in [0.15, 0.2) is 11.0 Å². The van der Waals surface area contributed by atoms with Crippen LogP contribution in [0.5, 0.6) is 5.75 Å². The highest BCUT2D eigenvalue weighted by molar-refractivity contribution is 8.00. The lowest BCUT2D eigenvalue weighted by molar-refractivity contribution is -0.139. The first-order chi connectivity index (χ1) is 12.6. The number of carbonyl (C=O) groups is 1. The van der Waals surface area contributed by atoms with Crippen LogP contribution in [0.1, 0.15) is 6.92 Å². The fourth-order valence-corrected chi connectivity index (χ4v) is 3.35. The van der Waals surface area contributed by atoms with Crippen molar-refractivity contribution in [2.45, 2.75) is 17.3 Å². The van der Waals surface area contributed by atoms with E-state index in [1.54, 1.807) is 14.0 Å². The predicted octanol–water partition coefficient (Wildman–Crippen LogP) is 3.60. The van der Waals surface area contributed by atoms with Crippen LogP contribution in [0, 0.1) is 0 Å². The summed E-state index contributed by atoms with van der Waals surface area (Å²) >= 11 is 1.31. The summed E-state index contributed by atoms with van der Waals surface area (Å²) in [5, 5.41) is 8.89. The van der Waals surface area contributed by atoms with Crippen molar-refractivity contribution in [3.8, 4) is 22.8 Å². The molecule has 2 aromatic carbocycles. The van der Waals surface area contributed by atoms with Gasteiger partial charge in [0.1, 0.15) is 11.0 Å². The van der Waals surface area contributed by atoms with Crippen molar-refractivity contribution in [1.29, 1.82) is 0 Å². The number of ether oxygens (including phenoxy) is 2. The molecule has 0 saturated heterocycles. The van der Waals surface area contributed by atoms with E-state index < -0.39 is 5.25 Å². The number of esters is 1. The normalized spacial score (nSPS) is 11.8. The highest BCUT2D eigenvalue weighted by Crippen LogP contribution is 2.31. The molecule has 1 atom stereocenters. The summed E-state index contributed by atoms with van der Waals surface area (Å²) in [6.07, 6.45) is 0. The van der Waals surface area contributed by atoms with Crippen LogP contribution in [0.2, 0.25) is 0 Å². The number of nitrogens with zero attached hydrogens (tertiary/aromatic N) is 3. The maximum atomic E-state index is 11.8. The van der Waals surface area contributed by atoms with Crippen LogP contribution in [0.3, 0.4) is 0 Å². The molecular formula is C19H19N3O3S. The molecule has 0 unspecified atom stereocenters. The molecule has 0 aliphatic heterocycles. The second-order valence-electron chi connectivity index (χ2n) is 5.49. The molecule has 0 radical (unpaired) electrons. The summed E-state index contributed by atoms with van der Waals surface area (Å²) in [7, 11) is 3.01. The highest BCUT2D eigenvalue weighted by atomic mass is 32.2. The summed E-state index contributed by atoms with van der Waals surface area (Å²) in [6, 6.07) is 17.4. The van der Waals surface area contributed by atoms with E-state index in [4.69, 9.17) is 9.47 Å². The number of hydrogen-bond donors (Lipinski definition) is 0. The third-order valence-corrected chi connectivity index (χ3v) is 4.83. The average Bonchev–Trinajstić information content (AvgIpc) is 3.11. The minimum absolute atomic E-state index is 0.302. The summed E-state index contributed by atoms with van der Waals surface area (Å²) in [4.78, 5) is 11.8. The Morgan fingerprint density at radius 2 is 1.73 bits per heavy atom. The third-order valence-electron chi connectivity index (χ3n) is 3.81. The molecule has 0 saturated carbocycles. The van der Waals surface area contributed by atoms with Gasteiger partial charge in [0, 0.05) is 11.3 Å². The number of methoxy groups -OCH3 is 2. The van der Waals surface area contributed by atoms with Gasteiger partial charge in [-0.3, -0.25) is 9.36 Å². The van der Waals surface area contributed by atoms with Gasteiger partial charge in [0.05, 0.1) is 14.2 Å². The lowest BCUT2D eigenvalue weighted by atomic mass is 10.2. The molecule has 0 amide bonds. The average molecular weight is 369 g/mol. The Balaban J connectivity index is 2.06. The largest absolute Gasteiger partial charge is 0.497 e. The second-order valence-corrected chi connectivity index (χ2v) is 6.80. The number of hydrogen-bond acceptors (Lipinski definition) is 6. The van der Waals surface area contributed by atoms with Gasteiger partial charge < -0.3 is 9.47 Å². The monoisotopic (exact) mass is 369 g/mol. The number of thioether (sulfide) groups is 1. The minimum atomic E-state index is -0.393. The maximum Gasteiger partial charge on any atom is 0.318 e. The Bertz CT molecular complexity index is 879. The zero-order valence-electron chi connectivity index (χ0n) is 14.7. The standard InChI is InChI=1S/C19H19N3O3S/c1-13(18(23)25-3)26-19-21-20-17(14-9-11-16(24-2)12-10-14)22(19)15-7-5-4-6-8-15/h4-13H,1-3H3/t13-/m1/s1. The number of carbonyl (C=O) groups excluding carboxylic acids is 1. The fourth-order valence-electron chi connectivity index (χ4n) is 2.46. The van der Waals surface area contributed by atoms with E-state index in [2.05, 4.69) is 10.2 Å². The topological polar surface area (TPSA) is 66.2 Å². The quantitative estimate of drug-likeness (QED) is 0.489. The van der Waals surface area contributed by atoms with E-state index in [1.165, 1.54) is 18.9 Å². The molecular weight excluding hydrogens is 350 g/mol. The summed E-state index contributed by atoms with van der Waals surface area (Å²) < 4.78 is 12.0. The fraction of sp³-hybridized carbons (Fsp3) is 0.211. The van der Waals surface area contributed by atoms with Crippen molar-refractivity contribution in [2.24, 2.45) is 0 Å². The molecule has 3 aromatic rings. The van der Waals surface area contributed by atoms with Crippen LogP contribution in [0.15, 0.2) is 59.8 Å². The first-order valence-electron chi connectivity index (χ1n) is 8.03. The Morgan fingerprint density at radius 1 is 1.04 bits per heavy atom. The predicted molar refractivity (Wildman–Crippen MR) is 101 cm³/mol. The van der Waals surface area contributed by atoms with Crippen molar-refractivity contribution in [1.82, 2.24) is 14.8 Å². The number of para-hydroxylation sites is 1. The smallest absolute Gasteiger partial charge is 0.318 e. The molecule has 1 heterocycles. The molecule has 7 heteroatoms. The Morgan fingerprint density at radius 3 is 2.35 bits per heavy atom. The number of benzene rings is 2. The van der Waals surface area contributed by atoms with Crippen molar-refractivity contribution in [3.05, 3.63) is 54.6 Å². The molecule has 0 aliphatic rings. The zero-order valence-corrected chi connectivity index (χ0v) is 15.6. The van der Waals surface area contributed by atoms with Crippen LogP contribution >= 0.6 is 11.8 Å². The summed E-state index contributed by atoms with van der Waals surface area (Å²) in [5.74, 6) is 1.16. The Labute approximate surface area is 156 Å². The molecule has 3 rings (SSSR count). The van der Waals surface area contributed by atoms with Gasteiger partial charge in [-0.15, -0.1) is 10.2 Å². The summed E-state index contributed by atoms with van der Waals surface area (Å²) in [5.41, 5.74) is 1.82. The van der Waals surface area contributed by atoms with Crippen molar-refractivity contribution in [2.75, 3.05) is 14.2 Å². The minimum Gasteiger partial charge on any atom is -0.497 e. The van der Waals surface area contributed by atoms with E-state index in [0.29, 0.717) is 11.0 Å². The Kier molecular flexibility index (Phi) is 5.58. The van der Waals surface area contributed by atoms with Gasteiger partial charge in [-0.2, -0.15) is 0 Å². The van der Waals surface area contributed by atoms with E-state index in [-0.39, 0.29) is 5.97 Å². The number of aromatic nitrogens is 3. The van der Waals surface area contributed by atoms with E-state index in [9.17, 15) is 4.79 Å². The molecule has 0 aliphatic carbocycles. The second kappa shape index (κ2) is 8.05. The zero-order chi connectivity index (χ0) is 18.5. The molecule has 134 valence electrons. The molecule has 0 N–H and O–H groups in total. The van der Waals surface area contributed by atoms with Crippen LogP contribution in [0.4, 0.5) is 0 Å². The lowest BCUT2D eigenvalue weighted by Crippen LogP contribution is -2.15. The molecule has 0 bridgehead atoms. The third kappa shape index (κ3) is 3.72. The SMILES string of the molecule is COC(=O)[C@@H](C)Sc1nnc(-c2ccc(OC)cc2)n1-c1ccccc1. The summed E-state index contributed by atoms with van der Waals surface area (Å²) in [6.45, 7) is 1.79. The highest BCUT2D eigenvalue weighted by Gasteiger charge is 2.22. The van der Waals surface area contributed by atoms with Crippen molar-refractivity contribution >= 4 is 17.7 Å². The van der Waals surface area contributed by atoms with Gasteiger partial charge >= 0.3 is 5.97 Å². The molecule has 6 nitrogen and oxygen atoms in total. The van der Waals surface area contributed by atoms with Crippen LogP contribution in [0.25, 0.3) is 17.1 Å². The molecule has 0 spiro atoms. The first kappa shape index (κ1) is 18.0. The van der Waals surface area contributed by atoms with E-state index in [0.717, 1.165) is 17.0 Å². The van der Waals surface area contributed by atoms with Crippen LogP contribution in [-0.4, -0.2) is 40.2 Å². The Hall–Kier alpha value is -2.80. The first-order valence-corrected chi connectivity index (χ1v) is 8.91. The van der Waals surface area contributed by atoms with Gasteiger partial charge in [-0.05, 0) is 43.3 Å². The molecule has 26 heavy (non-hydrogen) atoms. The molecule has 1 aromatic heterocycles. The van der Waals surface area contributed by atoms with E-state index in [1.807, 2.05) is 59.2 Å². The van der Waals surface area contributed by atoms with Crippen LogP contribution in [-0.2, 0) is 9.53 Å². The molecule has 0 fully saturated rings. The van der Waals surface area contributed by atoms with Gasteiger partial charge in [-0.1, -0.05) is 30.0 Å². The van der Waals surface area contributed by atoms with E-state index >= 15 is 0 Å². The number of rotatable bonds is 6. The van der Waals surface area contributed by atoms with Crippen LogP contribution < -0.4 is 4.74 Å². The van der Waals surface area contributed by atoms with Crippen molar-refractivity contribution < 1.29 is 14.3 Å². The maximum absolute atomic E-state index is 11.8. The van der Waals surface area contributed by atoms with Crippen molar-refractivity contribution in [3.63, 3.8) is 0 Å². The van der Waals surface area contributed by atoms with Gasteiger partial charge in [-0.25, -0.2) is 0 Å². The lowest BCUT2D eigenvalue weighted by Gasteiger charge is -2.12.